The first-order chi connectivity index (χ1) is 22.7. The van der Waals surface area contributed by atoms with Gasteiger partial charge in [-0.3, -0.25) is 29.1 Å². The van der Waals surface area contributed by atoms with E-state index in [0.29, 0.717) is 10.7 Å². The minimum Gasteiger partial charge on any atom is -0.366 e. The Labute approximate surface area is 275 Å². The summed E-state index contributed by atoms with van der Waals surface area (Å²) < 4.78 is 0. The van der Waals surface area contributed by atoms with Crippen LogP contribution in [-0.4, -0.2) is 48.5 Å². The number of nitrogens with zero attached hydrogens (tertiary/aromatic N) is 5. The highest BCUT2D eigenvalue weighted by molar-refractivity contribution is 7.13. The molecule has 6 aromatic rings. The largest absolute Gasteiger partial charge is 0.366 e. The maximum absolute atomic E-state index is 12.4. The molecule has 0 spiro atoms. The molecule has 0 unspecified atom stereocenters. The summed E-state index contributed by atoms with van der Waals surface area (Å²) in [6.07, 6.45) is 8.11. The van der Waals surface area contributed by atoms with E-state index in [4.69, 9.17) is 11.5 Å². The van der Waals surface area contributed by atoms with Crippen LogP contribution in [0, 0.1) is 6.92 Å². The first-order valence-electron chi connectivity index (χ1n) is 13.7. The highest BCUT2D eigenvalue weighted by atomic mass is 32.1. The van der Waals surface area contributed by atoms with Crippen molar-refractivity contribution in [2.45, 2.75) is 6.92 Å². The van der Waals surface area contributed by atoms with E-state index in [0.717, 1.165) is 21.7 Å². The van der Waals surface area contributed by atoms with Crippen LogP contribution in [-0.2, 0) is 0 Å². The van der Waals surface area contributed by atoms with Crippen LogP contribution in [0.1, 0.15) is 47.4 Å². The van der Waals surface area contributed by atoms with E-state index in [1.165, 1.54) is 28.9 Å². The number of carbonyl (C=O) groups is 4. The molecule has 0 saturated heterocycles. The number of nitrogens with one attached hydrogen (secondary N) is 2. The monoisotopic (exact) mass is 663 g/mol. The Bertz CT molecular complexity index is 2070. The first kappa shape index (κ1) is 32.2. The second-order valence-corrected chi connectivity index (χ2v) is 11.4. The molecule has 5 aromatic heterocycles. The van der Waals surface area contributed by atoms with Gasteiger partial charge in [0.2, 0.25) is 0 Å². The summed E-state index contributed by atoms with van der Waals surface area (Å²) in [6, 6.07) is 15.5. The fraction of sp³-hybridized carbons (Fsp3) is 0.0312. The molecule has 0 bridgehead atoms. The average molecular weight is 664 g/mol. The van der Waals surface area contributed by atoms with E-state index in [1.54, 1.807) is 71.9 Å². The van der Waals surface area contributed by atoms with Crippen LogP contribution in [0.5, 0.6) is 0 Å². The van der Waals surface area contributed by atoms with Gasteiger partial charge in [0.05, 0.1) is 16.9 Å². The molecule has 15 heteroatoms. The van der Waals surface area contributed by atoms with Crippen molar-refractivity contribution in [1.82, 2.24) is 24.9 Å². The third-order valence-corrected chi connectivity index (χ3v) is 8.07. The molecule has 6 N–H and O–H groups in total. The van der Waals surface area contributed by atoms with E-state index in [2.05, 4.69) is 35.6 Å². The molecule has 0 saturated carbocycles. The summed E-state index contributed by atoms with van der Waals surface area (Å²) in [5, 5.41) is 10.0. The van der Waals surface area contributed by atoms with Gasteiger partial charge in [-0.2, -0.15) is 0 Å². The molecular formula is C32H25N9O4S2. The number of amides is 4. The van der Waals surface area contributed by atoms with Crippen molar-refractivity contribution in [2.75, 3.05) is 10.6 Å². The van der Waals surface area contributed by atoms with Gasteiger partial charge in [-0.1, -0.05) is 6.07 Å². The molecule has 4 amide bonds. The number of nitrogens with two attached hydrogens (primary N) is 2. The van der Waals surface area contributed by atoms with Crippen LogP contribution < -0.4 is 22.1 Å². The summed E-state index contributed by atoms with van der Waals surface area (Å²) in [7, 11) is 0. The average Bonchev–Trinajstić information content (AvgIpc) is 3.78. The van der Waals surface area contributed by atoms with Gasteiger partial charge in [-0.15, -0.1) is 22.7 Å². The van der Waals surface area contributed by atoms with Gasteiger partial charge in [-0.05, 0) is 61.0 Å². The molecule has 234 valence electrons. The molecule has 47 heavy (non-hydrogen) atoms. The Morgan fingerprint density at radius 3 is 1.94 bits per heavy atom. The number of aromatic nitrogens is 5. The number of hydrogen-bond donors (Lipinski definition) is 4. The van der Waals surface area contributed by atoms with Crippen LogP contribution in [0.2, 0.25) is 0 Å². The summed E-state index contributed by atoms with van der Waals surface area (Å²) in [5.41, 5.74) is 14.6. The molecule has 0 radical (unpaired) electrons. The molecule has 5 heterocycles. The van der Waals surface area contributed by atoms with Gasteiger partial charge in [0.15, 0.2) is 5.69 Å². The van der Waals surface area contributed by atoms with Crippen LogP contribution in [0.15, 0.2) is 96.3 Å². The zero-order valence-corrected chi connectivity index (χ0v) is 26.2. The minimum absolute atomic E-state index is 0.00330. The van der Waals surface area contributed by atoms with E-state index in [-0.39, 0.29) is 34.2 Å². The Kier molecular flexibility index (Phi) is 10.1. The molecular weight excluding hydrogens is 639 g/mol. The molecule has 0 aliphatic rings. The van der Waals surface area contributed by atoms with Crippen molar-refractivity contribution in [3.63, 3.8) is 0 Å². The highest BCUT2D eigenvalue weighted by Crippen LogP contribution is 2.25. The third kappa shape index (κ3) is 8.10. The van der Waals surface area contributed by atoms with Crippen LogP contribution in [0.4, 0.5) is 11.4 Å². The quantitative estimate of drug-likeness (QED) is 0.176. The summed E-state index contributed by atoms with van der Waals surface area (Å²) >= 11 is 2.70. The number of hydrogen-bond acceptors (Lipinski definition) is 11. The predicted molar refractivity (Wildman–Crippen MR) is 179 cm³/mol. The zero-order valence-electron chi connectivity index (χ0n) is 24.6. The van der Waals surface area contributed by atoms with Gasteiger partial charge in [0, 0.05) is 52.9 Å². The SMILES string of the molecule is Cc1ccc(C(N)=O)c(NC(=O)c2csc(-c3ccncc3)n2)c1.NC(=O)c1ncccc1NC(=O)c1csc(-c2cccnc2)n1. The standard InChI is InChI=1S/C17H14N4O2S.C15H11N5O2S/c1-10-2-3-12(15(18)22)13(8-10)20-16(23)14-9-24-17(21-14)11-4-6-19-7-5-11;16-13(21)12-10(4-2-6-18-12)19-14(22)11-8-23-15(20-11)9-3-1-5-17-7-9/h2-9H,1H3,(H2,18,22)(H,20,23);1-8H,(H2,16,21)(H,19,22). The van der Waals surface area contributed by atoms with Crippen LogP contribution in [0.25, 0.3) is 21.1 Å². The Morgan fingerprint density at radius 1 is 0.681 bits per heavy atom. The molecule has 13 nitrogen and oxygen atoms in total. The van der Waals surface area contributed by atoms with Crippen LogP contribution in [0.3, 0.4) is 0 Å². The summed E-state index contributed by atoms with van der Waals surface area (Å²) in [5.74, 6) is -2.14. The zero-order chi connectivity index (χ0) is 33.3. The topological polar surface area (TPSA) is 209 Å². The van der Waals surface area contributed by atoms with Gasteiger partial charge in [-0.25, -0.2) is 15.0 Å². The normalized spacial score (nSPS) is 10.3. The molecule has 0 fully saturated rings. The maximum Gasteiger partial charge on any atom is 0.275 e. The smallest absolute Gasteiger partial charge is 0.275 e. The number of pyridine rings is 3. The van der Waals surface area contributed by atoms with Gasteiger partial charge in [0.1, 0.15) is 21.4 Å². The second kappa shape index (κ2) is 14.7. The van der Waals surface area contributed by atoms with Crippen LogP contribution >= 0.6 is 22.7 Å². The van der Waals surface area contributed by atoms with Crippen molar-refractivity contribution in [3.05, 3.63) is 125 Å². The lowest BCUT2D eigenvalue weighted by Gasteiger charge is -2.08. The van der Waals surface area contributed by atoms with Gasteiger partial charge < -0.3 is 22.1 Å². The number of benzene rings is 1. The molecule has 6 rings (SSSR count). The fourth-order valence-corrected chi connectivity index (χ4v) is 5.65. The van der Waals surface area contributed by atoms with Crippen molar-refractivity contribution in [1.29, 1.82) is 0 Å². The molecule has 0 aliphatic heterocycles. The van der Waals surface area contributed by atoms with E-state index in [1.807, 2.05) is 25.1 Å². The van der Waals surface area contributed by atoms with Gasteiger partial charge in [0.25, 0.3) is 23.6 Å². The lowest BCUT2D eigenvalue weighted by atomic mass is 10.1. The third-order valence-electron chi connectivity index (χ3n) is 6.29. The number of carbonyl (C=O) groups excluding carboxylic acids is 4. The molecule has 1 aromatic carbocycles. The van der Waals surface area contributed by atoms with E-state index < -0.39 is 17.7 Å². The fourth-order valence-electron chi connectivity index (χ4n) is 4.06. The summed E-state index contributed by atoms with van der Waals surface area (Å²) in [4.78, 5) is 67.9. The van der Waals surface area contributed by atoms with E-state index in [9.17, 15) is 19.2 Å². The number of anilines is 2. The molecule has 0 aliphatic carbocycles. The van der Waals surface area contributed by atoms with Gasteiger partial charge >= 0.3 is 0 Å². The van der Waals surface area contributed by atoms with Crippen molar-refractivity contribution in [3.8, 4) is 21.1 Å². The Morgan fingerprint density at radius 2 is 1.32 bits per heavy atom. The number of rotatable bonds is 8. The number of primary amides is 2. The number of aryl methyl sites for hydroxylation is 1. The Hall–Kier alpha value is -6.19. The van der Waals surface area contributed by atoms with Crippen molar-refractivity contribution >= 4 is 57.7 Å². The first-order valence-corrected chi connectivity index (χ1v) is 15.5. The van der Waals surface area contributed by atoms with Crippen molar-refractivity contribution in [2.24, 2.45) is 11.5 Å². The lowest BCUT2D eigenvalue weighted by Crippen LogP contribution is -2.19. The number of thiazole rings is 2. The highest BCUT2D eigenvalue weighted by Gasteiger charge is 2.17. The van der Waals surface area contributed by atoms with Crippen molar-refractivity contribution < 1.29 is 19.2 Å². The maximum atomic E-state index is 12.4. The van der Waals surface area contributed by atoms with E-state index >= 15 is 0 Å². The lowest BCUT2D eigenvalue weighted by molar-refractivity contribution is 0.0987. The Balaban J connectivity index is 0.000000185. The second-order valence-electron chi connectivity index (χ2n) is 9.64. The minimum atomic E-state index is -0.713. The predicted octanol–water partition coefficient (Wildman–Crippen LogP) is 4.82. The summed E-state index contributed by atoms with van der Waals surface area (Å²) in [6.45, 7) is 1.87. The molecule has 0 atom stereocenters.